The molecule has 0 aliphatic rings. The standard InChI is InChI=1S/C20H30N4O4S/c1-4-24(5-2)14-13-21-19(27)15-7-9-16(10-8-15)22-20(29)23-17(25)11-12-18(26)28-6-3/h7-10H,4-6,11-14H2,1-3H3,(H,21,27)(H2,22,23,25,29). The van der Waals surface area contributed by atoms with Crippen LogP contribution in [0, 0.1) is 0 Å². The molecule has 0 unspecified atom stereocenters. The summed E-state index contributed by atoms with van der Waals surface area (Å²) < 4.78 is 4.77. The first-order chi connectivity index (χ1) is 13.9. The first-order valence-electron chi connectivity index (χ1n) is 9.76. The number of ether oxygens (including phenoxy) is 1. The summed E-state index contributed by atoms with van der Waals surface area (Å²) in [6.45, 7) is 9.46. The van der Waals surface area contributed by atoms with Crippen molar-refractivity contribution in [3.63, 3.8) is 0 Å². The van der Waals surface area contributed by atoms with Crippen molar-refractivity contribution in [1.29, 1.82) is 0 Å². The molecule has 1 aromatic carbocycles. The molecule has 0 spiro atoms. The van der Waals surface area contributed by atoms with Gasteiger partial charge in [-0.3, -0.25) is 14.4 Å². The SMILES string of the molecule is CCOC(=O)CCC(=O)NC(=S)Nc1ccc(C(=O)NCCN(CC)CC)cc1. The lowest BCUT2D eigenvalue weighted by Crippen LogP contribution is -2.35. The summed E-state index contributed by atoms with van der Waals surface area (Å²) in [7, 11) is 0. The quantitative estimate of drug-likeness (QED) is 0.370. The van der Waals surface area contributed by atoms with Gasteiger partial charge in [-0.2, -0.15) is 0 Å². The third kappa shape index (κ3) is 10.00. The van der Waals surface area contributed by atoms with E-state index in [1.807, 2.05) is 0 Å². The predicted molar refractivity (Wildman–Crippen MR) is 117 cm³/mol. The molecule has 0 saturated heterocycles. The van der Waals surface area contributed by atoms with Crippen molar-refractivity contribution in [3.8, 4) is 0 Å². The highest BCUT2D eigenvalue weighted by Crippen LogP contribution is 2.09. The Kier molecular flexibility index (Phi) is 11.5. The zero-order chi connectivity index (χ0) is 21.6. The normalized spacial score (nSPS) is 10.3. The smallest absolute Gasteiger partial charge is 0.306 e. The van der Waals surface area contributed by atoms with Crippen LogP contribution in [-0.4, -0.2) is 60.6 Å². The highest BCUT2D eigenvalue weighted by atomic mass is 32.1. The van der Waals surface area contributed by atoms with Crippen molar-refractivity contribution < 1.29 is 19.1 Å². The third-order valence-corrected chi connectivity index (χ3v) is 4.33. The van der Waals surface area contributed by atoms with E-state index in [1.165, 1.54) is 0 Å². The monoisotopic (exact) mass is 422 g/mol. The number of benzene rings is 1. The number of likely N-dealkylation sites (N-methyl/N-ethyl adjacent to an activating group) is 1. The van der Waals surface area contributed by atoms with Gasteiger partial charge >= 0.3 is 5.97 Å². The van der Waals surface area contributed by atoms with E-state index in [0.29, 0.717) is 17.8 Å². The molecule has 0 fully saturated rings. The molecule has 1 aromatic rings. The second-order valence-electron chi connectivity index (χ2n) is 6.17. The maximum absolute atomic E-state index is 12.2. The van der Waals surface area contributed by atoms with E-state index in [4.69, 9.17) is 17.0 Å². The second kappa shape index (κ2) is 13.6. The molecule has 0 saturated carbocycles. The Hall–Kier alpha value is -2.52. The number of anilines is 1. The summed E-state index contributed by atoms with van der Waals surface area (Å²) in [5.41, 5.74) is 1.18. The van der Waals surface area contributed by atoms with Gasteiger partial charge in [0.25, 0.3) is 5.91 Å². The molecule has 8 nitrogen and oxygen atoms in total. The average Bonchev–Trinajstić information content (AvgIpc) is 2.70. The van der Waals surface area contributed by atoms with Crippen LogP contribution in [0.2, 0.25) is 0 Å². The number of esters is 1. The van der Waals surface area contributed by atoms with E-state index in [-0.39, 0.29) is 36.4 Å². The van der Waals surface area contributed by atoms with Gasteiger partial charge in [0.1, 0.15) is 0 Å². The minimum atomic E-state index is -0.424. The van der Waals surface area contributed by atoms with E-state index < -0.39 is 5.97 Å². The summed E-state index contributed by atoms with van der Waals surface area (Å²) in [6.07, 6.45) is -0.00633. The van der Waals surface area contributed by atoms with E-state index in [2.05, 4.69) is 34.7 Å². The number of amides is 2. The van der Waals surface area contributed by atoms with Crippen LogP contribution in [0.15, 0.2) is 24.3 Å². The number of nitrogens with zero attached hydrogens (tertiary/aromatic N) is 1. The number of rotatable bonds is 11. The fraction of sp³-hybridized carbons (Fsp3) is 0.500. The maximum atomic E-state index is 12.2. The Bertz CT molecular complexity index is 690. The van der Waals surface area contributed by atoms with Gasteiger partial charge in [0, 0.05) is 30.8 Å². The lowest BCUT2D eigenvalue weighted by molar-refractivity contribution is -0.144. The number of nitrogens with one attached hydrogen (secondary N) is 3. The molecule has 2 amide bonds. The highest BCUT2D eigenvalue weighted by Gasteiger charge is 2.10. The molecule has 0 bridgehead atoms. The van der Waals surface area contributed by atoms with Gasteiger partial charge in [-0.05, 0) is 56.5 Å². The largest absolute Gasteiger partial charge is 0.466 e. The second-order valence-corrected chi connectivity index (χ2v) is 6.58. The fourth-order valence-electron chi connectivity index (χ4n) is 2.47. The van der Waals surface area contributed by atoms with Crippen molar-refractivity contribution >= 4 is 40.8 Å². The third-order valence-electron chi connectivity index (χ3n) is 4.13. The maximum Gasteiger partial charge on any atom is 0.306 e. The van der Waals surface area contributed by atoms with Gasteiger partial charge < -0.3 is 25.6 Å². The molecule has 3 N–H and O–H groups in total. The minimum absolute atomic E-state index is 0.000364. The number of hydrogen-bond acceptors (Lipinski definition) is 6. The molecule has 0 aliphatic heterocycles. The summed E-state index contributed by atoms with van der Waals surface area (Å²) in [5, 5.41) is 8.39. The molecule has 160 valence electrons. The topological polar surface area (TPSA) is 99.8 Å². The lowest BCUT2D eigenvalue weighted by atomic mass is 10.2. The van der Waals surface area contributed by atoms with Gasteiger partial charge in [0.2, 0.25) is 5.91 Å². The summed E-state index contributed by atoms with van der Waals surface area (Å²) in [5.74, 6) is -0.939. The van der Waals surface area contributed by atoms with Crippen LogP contribution in [0.5, 0.6) is 0 Å². The molecule has 0 atom stereocenters. The molecule has 0 aromatic heterocycles. The van der Waals surface area contributed by atoms with Gasteiger partial charge in [-0.25, -0.2) is 0 Å². The van der Waals surface area contributed by atoms with Crippen LogP contribution in [-0.2, 0) is 14.3 Å². The molecule has 9 heteroatoms. The zero-order valence-corrected chi connectivity index (χ0v) is 18.1. The number of hydrogen-bond donors (Lipinski definition) is 3. The van der Waals surface area contributed by atoms with Crippen LogP contribution in [0.25, 0.3) is 0 Å². The minimum Gasteiger partial charge on any atom is -0.466 e. The number of carbonyl (C=O) groups excluding carboxylic acids is 3. The van der Waals surface area contributed by atoms with E-state index in [1.54, 1.807) is 31.2 Å². The van der Waals surface area contributed by atoms with Gasteiger partial charge in [-0.1, -0.05) is 13.8 Å². The van der Waals surface area contributed by atoms with Crippen molar-refractivity contribution in [2.75, 3.05) is 38.1 Å². The molecule has 29 heavy (non-hydrogen) atoms. The Labute approximate surface area is 177 Å². The van der Waals surface area contributed by atoms with E-state index in [9.17, 15) is 14.4 Å². The first-order valence-corrected chi connectivity index (χ1v) is 10.2. The fourth-order valence-corrected chi connectivity index (χ4v) is 2.71. The Balaban J connectivity index is 2.41. The number of thiocarbonyl (C=S) groups is 1. The molecule has 1 rings (SSSR count). The molecule has 0 aliphatic carbocycles. The summed E-state index contributed by atoms with van der Waals surface area (Å²) >= 11 is 5.09. The van der Waals surface area contributed by atoms with Crippen LogP contribution in [0.3, 0.4) is 0 Å². The zero-order valence-electron chi connectivity index (χ0n) is 17.2. The first kappa shape index (κ1) is 24.5. The molecular formula is C20H30N4O4S. The number of carbonyl (C=O) groups is 3. The van der Waals surface area contributed by atoms with Crippen molar-refractivity contribution in [3.05, 3.63) is 29.8 Å². The van der Waals surface area contributed by atoms with Crippen LogP contribution in [0.1, 0.15) is 44.0 Å². The van der Waals surface area contributed by atoms with E-state index >= 15 is 0 Å². The van der Waals surface area contributed by atoms with Gasteiger partial charge in [0.15, 0.2) is 5.11 Å². The van der Waals surface area contributed by atoms with Crippen molar-refractivity contribution in [2.24, 2.45) is 0 Å². The van der Waals surface area contributed by atoms with Crippen LogP contribution in [0.4, 0.5) is 5.69 Å². The van der Waals surface area contributed by atoms with Crippen LogP contribution >= 0.6 is 12.2 Å². The van der Waals surface area contributed by atoms with Gasteiger partial charge in [0.05, 0.1) is 13.0 Å². The molecular weight excluding hydrogens is 392 g/mol. The average molecular weight is 423 g/mol. The van der Waals surface area contributed by atoms with Crippen LogP contribution < -0.4 is 16.0 Å². The summed E-state index contributed by atoms with van der Waals surface area (Å²) in [6, 6.07) is 6.77. The van der Waals surface area contributed by atoms with Gasteiger partial charge in [-0.15, -0.1) is 0 Å². The Morgan fingerprint density at radius 1 is 1.03 bits per heavy atom. The predicted octanol–water partition coefficient (Wildman–Crippen LogP) is 1.91. The summed E-state index contributed by atoms with van der Waals surface area (Å²) in [4.78, 5) is 37.5. The Morgan fingerprint density at radius 2 is 1.69 bits per heavy atom. The molecule has 0 heterocycles. The highest BCUT2D eigenvalue weighted by molar-refractivity contribution is 7.80. The van der Waals surface area contributed by atoms with Crippen molar-refractivity contribution in [2.45, 2.75) is 33.6 Å². The lowest BCUT2D eigenvalue weighted by Gasteiger charge is -2.18. The Morgan fingerprint density at radius 3 is 2.28 bits per heavy atom. The van der Waals surface area contributed by atoms with E-state index in [0.717, 1.165) is 19.6 Å². The van der Waals surface area contributed by atoms with Crippen molar-refractivity contribution in [1.82, 2.24) is 15.5 Å². The molecule has 0 radical (unpaired) electrons.